The standard InChI is InChI=1S/C11H19FO2/c1-8(11(13)14)2-3-9-4-6-10(12)7-5-9/h8-10H,2-7H2,1H3,(H,13,14). The van der Waals surface area contributed by atoms with E-state index in [0.717, 1.165) is 25.7 Å². The third-order valence-electron chi connectivity index (χ3n) is 3.21. The molecule has 0 aromatic rings. The van der Waals surface area contributed by atoms with Gasteiger partial charge in [0.2, 0.25) is 0 Å². The lowest BCUT2D eigenvalue weighted by Gasteiger charge is -2.24. The zero-order chi connectivity index (χ0) is 10.6. The van der Waals surface area contributed by atoms with Crippen molar-refractivity contribution in [2.75, 3.05) is 0 Å². The Morgan fingerprint density at radius 2 is 2.00 bits per heavy atom. The van der Waals surface area contributed by atoms with Crippen molar-refractivity contribution in [2.45, 2.75) is 51.6 Å². The zero-order valence-electron chi connectivity index (χ0n) is 8.71. The average Bonchev–Trinajstić information content (AvgIpc) is 2.16. The molecule has 0 aromatic heterocycles. The van der Waals surface area contributed by atoms with Gasteiger partial charge in [0.1, 0.15) is 6.17 Å². The Morgan fingerprint density at radius 3 is 2.50 bits per heavy atom. The predicted molar refractivity (Wildman–Crippen MR) is 52.9 cm³/mol. The maximum atomic E-state index is 12.8. The fourth-order valence-corrected chi connectivity index (χ4v) is 2.02. The number of carboxylic acid groups (broad SMARTS) is 1. The number of carboxylic acids is 1. The Hall–Kier alpha value is -0.600. The van der Waals surface area contributed by atoms with Gasteiger partial charge in [0.25, 0.3) is 0 Å². The van der Waals surface area contributed by atoms with Crippen LogP contribution in [-0.2, 0) is 4.79 Å². The molecule has 0 amide bonds. The quantitative estimate of drug-likeness (QED) is 0.760. The van der Waals surface area contributed by atoms with Crippen molar-refractivity contribution in [1.29, 1.82) is 0 Å². The molecule has 1 N–H and O–H groups in total. The molecule has 0 saturated heterocycles. The second-order valence-electron chi connectivity index (χ2n) is 4.43. The van der Waals surface area contributed by atoms with Crippen molar-refractivity contribution in [1.82, 2.24) is 0 Å². The van der Waals surface area contributed by atoms with Crippen molar-refractivity contribution < 1.29 is 14.3 Å². The molecule has 1 rings (SSSR count). The second-order valence-corrected chi connectivity index (χ2v) is 4.43. The molecule has 82 valence electrons. The first-order valence-electron chi connectivity index (χ1n) is 5.46. The highest BCUT2D eigenvalue weighted by atomic mass is 19.1. The lowest BCUT2D eigenvalue weighted by molar-refractivity contribution is -0.141. The number of rotatable bonds is 4. The molecule has 1 saturated carbocycles. The SMILES string of the molecule is CC(CCC1CCC(F)CC1)C(=O)O. The summed E-state index contributed by atoms with van der Waals surface area (Å²) in [7, 11) is 0. The van der Waals surface area contributed by atoms with Gasteiger partial charge in [0.15, 0.2) is 0 Å². The lowest BCUT2D eigenvalue weighted by Crippen LogP contribution is -2.17. The van der Waals surface area contributed by atoms with E-state index >= 15 is 0 Å². The average molecular weight is 202 g/mol. The Morgan fingerprint density at radius 1 is 1.43 bits per heavy atom. The molecule has 1 aliphatic carbocycles. The van der Waals surface area contributed by atoms with Gasteiger partial charge in [-0.05, 0) is 44.4 Å². The molecule has 2 nitrogen and oxygen atoms in total. The van der Waals surface area contributed by atoms with Crippen LogP contribution in [0, 0.1) is 11.8 Å². The van der Waals surface area contributed by atoms with Crippen LogP contribution in [0.5, 0.6) is 0 Å². The number of hydrogen-bond acceptors (Lipinski definition) is 1. The number of carbonyl (C=O) groups is 1. The Kier molecular flexibility index (Phi) is 4.36. The topological polar surface area (TPSA) is 37.3 Å². The van der Waals surface area contributed by atoms with E-state index in [1.54, 1.807) is 6.92 Å². The van der Waals surface area contributed by atoms with Crippen LogP contribution < -0.4 is 0 Å². The molecular weight excluding hydrogens is 183 g/mol. The fraction of sp³-hybridized carbons (Fsp3) is 0.909. The van der Waals surface area contributed by atoms with Crippen LogP contribution in [0.15, 0.2) is 0 Å². The van der Waals surface area contributed by atoms with Gasteiger partial charge >= 0.3 is 5.97 Å². The van der Waals surface area contributed by atoms with E-state index in [1.807, 2.05) is 0 Å². The normalized spacial score (nSPS) is 29.9. The van der Waals surface area contributed by atoms with Gasteiger partial charge in [-0.1, -0.05) is 6.92 Å². The molecule has 1 aliphatic rings. The summed E-state index contributed by atoms with van der Waals surface area (Å²) in [5, 5.41) is 8.69. The van der Waals surface area contributed by atoms with Gasteiger partial charge in [0.05, 0.1) is 5.92 Å². The van der Waals surface area contributed by atoms with Gasteiger partial charge < -0.3 is 5.11 Å². The second kappa shape index (κ2) is 5.32. The van der Waals surface area contributed by atoms with Crippen LogP contribution >= 0.6 is 0 Å². The highest BCUT2D eigenvalue weighted by molar-refractivity contribution is 5.69. The maximum Gasteiger partial charge on any atom is 0.306 e. The first-order chi connectivity index (χ1) is 6.59. The van der Waals surface area contributed by atoms with Crippen molar-refractivity contribution in [2.24, 2.45) is 11.8 Å². The largest absolute Gasteiger partial charge is 0.481 e. The molecule has 0 bridgehead atoms. The molecule has 0 aromatic carbocycles. The van der Waals surface area contributed by atoms with Crippen LogP contribution in [0.25, 0.3) is 0 Å². The molecule has 1 atom stereocenters. The fourth-order valence-electron chi connectivity index (χ4n) is 2.02. The monoisotopic (exact) mass is 202 g/mol. The minimum Gasteiger partial charge on any atom is -0.481 e. The van der Waals surface area contributed by atoms with E-state index < -0.39 is 12.1 Å². The number of aliphatic carboxylic acids is 1. The van der Waals surface area contributed by atoms with Crippen molar-refractivity contribution in [3.63, 3.8) is 0 Å². The number of alkyl halides is 1. The summed E-state index contributed by atoms with van der Waals surface area (Å²) in [5.74, 6) is -0.411. The van der Waals surface area contributed by atoms with Gasteiger partial charge in [-0.3, -0.25) is 4.79 Å². The predicted octanol–water partition coefficient (Wildman–Crippen LogP) is 3.02. The van der Waals surface area contributed by atoms with Crippen LogP contribution in [0.4, 0.5) is 4.39 Å². The van der Waals surface area contributed by atoms with Crippen molar-refractivity contribution in [3.05, 3.63) is 0 Å². The number of hydrogen-bond donors (Lipinski definition) is 1. The van der Waals surface area contributed by atoms with Crippen LogP contribution in [0.3, 0.4) is 0 Å². The van der Waals surface area contributed by atoms with E-state index in [0.29, 0.717) is 18.8 Å². The van der Waals surface area contributed by atoms with E-state index in [1.165, 1.54) is 0 Å². The van der Waals surface area contributed by atoms with E-state index in [9.17, 15) is 9.18 Å². The zero-order valence-corrected chi connectivity index (χ0v) is 8.71. The summed E-state index contributed by atoms with van der Waals surface area (Å²) in [6.07, 6.45) is 4.29. The smallest absolute Gasteiger partial charge is 0.306 e. The van der Waals surface area contributed by atoms with Gasteiger partial charge in [0, 0.05) is 0 Å². The molecule has 0 spiro atoms. The highest BCUT2D eigenvalue weighted by Crippen LogP contribution is 2.30. The Labute approximate surface area is 84.5 Å². The first-order valence-corrected chi connectivity index (χ1v) is 5.46. The molecular formula is C11H19FO2. The Bertz CT molecular complexity index is 186. The maximum absolute atomic E-state index is 12.8. The van der Waals surface area contributed by atoms with Gasteiger partial charge in [-0.15, -0.1) is 0 Å². The summed E-state index contributed by atoms with van der Waals surface area (Å²) in [4.78, 5) is 10.6. The lowest BCUT2D eigenvalue weighted by atomic mass is 9.83. The van der Waals surface area contributed by atoms with E-state index in [2.05, 4.69) is 0 Å². The van der Waals surface area contributed by atoms with Crippen molar-refractivity contribution in [3.8, 4) is 0 Å². The molecule has 0 radical (unpaired) electrons. The summed E-state index contributed by atoms with van der Waals surface area (Å²) >= 11 is 0. The summed E-state index contributed by atoms with van der Waals surface area (Å²) in [6, 6.07) is 0. The van der Waals surface area contributed by atoms with Crippen LogP contribution in [0.1, 0.15) is 45.4 Å². The van der Waals surface area contributed by atoms with Crippen LogP contribution in [0.2, 0.25) is 0 Å². The van der Waals surface area contributed by atoms with E-state index in [4.69, 9.17) is 5.11 Å². The minimum atomic E-state index is -0.718. The van der Waals surface area contributed by atoms with Gasteiger partial charge in [-0.2, -0.15) is 0 Å². The summed E-state index contributed by atoms with van der Waals surface area (Å²) in [6.45, 7) is 1.74. The summed E-state index contributed by atoms with van der Waals surface area (Å²) in [5.41, 5.74) is 0. The molecule has 1 fully saturated rings. The minimum absolute atomic E-state index is 0.252. The third kappa shape index (κ3) is 3.64. The first kappa shape index (κ1) is 11.5. The Balaban J connectivity index is 2.16. The van der Waals surface area contributed by atoms with Crippen LogP contribution in [-0.4, -0.2) is 17.2 Å². The molecule has 1 unspecified atom stereocenters. The third-order valence-corrected chi connectivity index (χ3v) is 3.21. The molecule has 3 heteroatoms. The number of halogens is 1. The molecule has 14 heavy (non-hydrogen) atoms. The van der Waals surface area contributed by atoms with Crippen molar-refractivity contribution >= 4 is 5.97 Å². The van der Waals surface area contributed by atoms with Gasteiger partial charge in [-0.25, -0.2) is 4.39 Å². The molecule has 0 heterocycles. The van der Waals surface area contributed by atoms with E-state index in [-0.39, 0.29) is 5.92 Å². The highest BCUT2D eigenvalue weighted by Gasteiger charge is 2.21. The summed E-state index contributed by atoms with van der Waals surface area (Å²) < 4.78 is 12.8. The molecule has 0 aliphatic heterocycles.